The molecule has 4 aromatic rings. The van der Waals surface area contributed by atoms with Gasteiger partial charge in [0.05, 0.1) is 0 Å². The molecule has 162 valence electrons. The molecule has 0 atom stereocenters. The Morgan fingerprint density at radius 2 is 1.28 bits per heavy atom. The number of benzene rings is 3. The summed E-state index contributed by atoms with van der Waals surface area (Å²) >= 11 is 1.64. The van der Waals surface area contributed by atoms with Crippen LogP contribution in [0.1, 0.15) is 20.3 Å². The number of fused-ring (bicyclic) bond motifs is 1. The van der Waals surface area contributed by atoms with Crippen molar-refractivity contribution in [3.8, 4) is 0 Å². The van der Waals surface area contributed by atoms with Gasteiger partial charge in [-0.25, -0.2) is 11.1 Å². The van der Waals surface area contributed by atoms with E-state index in [9.17, 15) is 0 Å². The second kappa shape index (κ2) is 15.3. The van der Waals surface area contributed by atoms with E-state index in [0.29, 0.717) is 0 Å². The van der Waals surface area contributed by atoms with Crippen LogP contribution in [-0.2, 0) is 23.3 Å². The minimum Gasteiger partial charge on any atom is -0.168 e. The topological polar surface area (TPSA) is 0 Å². The van der Waals surface area contributed by atoms with E-state index in [0.717, 1.165) is 6.42 Å². The van der Waals surface area contributed by atoms with Crippen LogP contribution < -0.4 is 10.4 Å². The summed E-state index contributed by atoms with van der Waals surface area (Å²) in [5, 5.41) is 5.69. The molecule has 0 spiro atoms. The Balaban J connectivity index is 0.000000248. The van der Waals surface area contributed by atoms with Crippen LogP contribution >= 0.6 is 24.8 Å². The third-order valence-corrected chi connectivity index (χ3v) is 11.1. The largest absolute Gasteiger partial charge is 0.168 e. The molecule has 5 rings (SSSR count). The molecule has 4 heteroatoms. The standard InChI is InChI=1S/C12H10Si.C9H7.C7H9.2ClH.Zr/c1-3-7-11(8-4-1)13-12-9-5-2-6-10-12;1-2-5-9-7-3-6-8(9)4-1;1-6-4-3-5-7(6)2;;;/h1-10H;1-7H;4H,3H2,1-2H3;2*1H;/q;2*-1;;;+2. The average molecular weight is 555 g/mol. The predicted octanol–water partition coefficient (Wildman–Crippen LogP) is 6.83. The number of rotatable bonds is 2. The van der Waals surface area contributed by atoms with Gasteiger partial charge in [-0.1, -0.05) is 13.0 Å². The molecule has 0 bridgehead atoms. The smallest absolute Gasteiger partial charge is 0.0809 e. The van der Waals surface area contributed by atoms with Gasteiger partial charge in [-0.05, 0) is 0 Å². The van der Waals surface area contributed by atoms with E-state index in [2.05, 4.69) is 129 Å². The van der Waals surface area contributed by atoms with Crippen molar-refractivity contribution in [3.05, 3.63) is 126 Å². The molecular formula is C28H28Cl2SiZr. The molecule has 0 radical (unpaired) electrons. The normalized spacial score (nSPS) is 11.4. The van der Waals surface area contributed by atoms with Gasteiger partial charge in [0.2, 0.25) is 0 Å². The minimum atomic E-state index is -0.455. The Morgan fingerprint density at radius 1 is 0.750 bits per heavy atom. The molecule has 0 heterocycles. The van der Waals surface area contributed by atoms with Crippen molar-refractivity contribution in [3.63, 3.8) is 0 Å². The van der Waals surface area contributed by atoms with Crippen LogP contribution in [-0.4, -0.2) is 5.43 Å². The van der Waals surface area contributed by atoms with E-state index in [-0.39, 0.29) is 24.8 Å². The molecule has 0 saturated heterocycles. The Kier molecular flexibility index (Phi) is 13.6. The molecule has 0 saturated carbocycles. The van der Waals surface area contributed by atoms with Crippen LogP contribution in [0.4, 0.5) is 0 Å². The van der Waals surface area contributed by atoms with Crippen molar-refractivity contribution in [1.82, 2.24) is 0 Å². The molecule has 1 aliphatic carbocycles. The summed E-state index contributed by atoms with van der Waals surface area (Å²) in [6.45, 7) is 4.22. The monoisotopic (exact) mass is 552 g/mol. The van der Waals surface area contributed by atoms with Crippen LogP contribution in [0.15, 0.2) is 120 Å². The number of halogens is 2. The van der Waals surface area contributed by atoms with E-state index in [1.807, 2.05) is 0 Å². The minimum absolute atomic E-state index is 0. The maximum atomic E-state index is 3.19. The molecule has 1 aliphatic rings. The summed E-state index contributed by atoms with van der Waals surface area (Å²) in [7, 11) is 0. The van der Waals surface area contributed by atoms with E-state index in [4.69, 9.17) is 0 Å². The molecule has 4 aromatic carbocycles. The van der Waals surface area contributed by atoms with Crippen LogP contribution in [0.3, 0.4) is 0 Å². The Bertz CT molecular complexity index is 1060. The van der Waals surface area contributed by atoms with Crippen molar-refractivity contribution in [2.75, 3.05) is 0 Å². The van der Waals surface area contributed by atoms with E-state index >= 15 is 0 Å². The second-order valence-electron chi connectivity index (χ2n) is 7.15. The van der Waals surface area contributed by atoms with Gasteiger partial charge in [-0.2, -0.15) is 23.6 Å². The number of hydrogen-bond acceptors (Lipinski definition) is 0. The molecule has 0 N–H and O–H groups in total. The summed E-state index contributed by atoms with van der Waals surface area (Å²) in [5.74, 6) is 0. The van der Waals surface area contributed by atoms with Gasteiger partial charge in [0, 0.05) is 0 Å². The zero-order chi connectivity index (χ0) is 21.2. The molecule has 0 aliphatic heterocycles. The summed E-state index contributed by atoms with van der Waals surface area (Å²) in [4.78, 5) is 0. The maximum Gasteiger partial charge on any atom is -0.0809 e. The molecule has 32 heavy (non-hydrogen) atoms. The van der Waals surface area contributed by atoms with Gasteiger partial charge in [0.15, 0.2) is 0 Å². The predicted molar refractivity (Wildman–Crippen MR) is 143 cm³/mol. The van der Waals surface area contributed by atoms with Gasteiger partial charge < -0.3 is 0 Å². The summed E-state index contributed by atoms with van der Waals surface area (Å²) in [6.07, 6.45) is 6.41. The number of hydrogen-bond donors (Lipinski definition) is 0. The van der Waals surface area contributed by atoms with Crippen LogP contribution in [0.2, 0.25) is 0 Å². The molecule has 0 nitrogen and oxygen atoms in total. The van der Waals surface area contributed by atoms with Gasteiger partial charge in [-0.3, -0.25) is 6.08 Å². The average Bonchev–Trinajstić information content (AvgIpc) is 3.44. The first-order valence-corrected chi connectivity index (χ1v) is 15.4. The summed E-state index contributed by atoms with van der Waals surface area (Å²) < 4.78 is 0. The fraction of sp³-hybridized carbons (Fsp3) is 0.107. The van der Waals surface area contributed by atoms with E-state index in [1.165, 1.54) is 32.3 Å². The summed E-state index contributed by atoms with van der Waals surface area (Å²) in [6, 6.07) is 36.3. The Morgan fingerprint density at radius 3 is 1.72 bits per heavy atom. The van der Waals surface area contributed by atoms with Crippen molar-refractivity contribution < 1.29 is 23.3 Å². The van der Waals surface area contributed by atoms with Gasteiger partial charge in [0.25, 0.3) is 0 Å². The van der Waals surface area contributed by atoms with E-state index in [1.54, 1.807) is 23.3 Å². The SMILES string of the molecule is CC1=[C-]CC=C1C.Cl.Cl.[Zr+2]=[Si](c1ccccc1)c1ccccc1.c1ccc2[cH-]ccc2c1. The van der Waals surface area contributed by atoms with Gasteiger partial charge >= 0.3 is 99.8 Å². The first-order chi connectivity index (χ1) is 14.6. The van der Waals surface area contributed by atoms with Gasteiger partial charge in [-0.15, -0.1) is 67.8 Å². The first-order valence-electron chi connectivity index (χ1n) is 10.2. The fourth-order valence-corrected chi connectivity index (χ4v) is 6.94. The maximum absolute atomic E-state index is 3.19. The molecule has 0 aromatic heterocycles. The van der Waals surface area contributed by atoms with Crippen LogP contribution in [0.25, 0.3) is 10.8 Å². The summed E-state index contributed by atoms with van der Waals surface area (Å²) in [5.41, 5.74) is 2.25. The Labute approximate surface area is 220 Å². The zero-order valence-corrected chi connectivity index (χ0v) is 23.5. The molecule has 0 fully saturated rings. The quantitative estimate of drug-likeness (QED) is 0.188. The third-order valence-electron chi connectivity index (χ3n) is 5.04. The third kappa shape index (κ3) is 8.75. The molecular weight excluding hydrogens is 527 g/mol. The van der Waals surface area contributed by atoms with Crippen molar-refractivity contribution in [2.45, 2.75) is 20.3 Å². The van der Waals surface area contributed by atoms with Crippen LogP contribution in [0.5, 0.6) is 0 Å². The Hall–Kier alpha value is -1.57. The van der Waals surface area contributed by atoms with Gasteiger partial charge in [0.1, 0.15) is 0 Å². The van der Waals surface area contributed by atoms with Crippen LogP contribution in [0, 0.1) is 6.08 Å². The van der Waals surface area contributed by atoms with Crippen molar-refractivity contribution in [1.29, 1.82) is 0 Å². The zero-order valence-electron chi connectivity index (χ0n) is 18.4. The first kappa shape index (κ1) is 28.5. The molecule has 0 unspecified atom stereocenters. The molecule has 0 amide bonds. The second-order valence-corrected chi connectivity index (χ2v) is 12.7. The van der Waals surface area contributed by atoms with Crippen molar-refractivity contribution in [2.24, 2.45) is 0 Å². The van der Waals surface area contributed by atoms with E-state index < -0.39 is 5.43 Å². The van der Waals surface area contributed by atoms with Crippen molar-refractivity contribution >= 4 is 51.4 Å². The fourth-order valence-electron chi connectivity index (χ4n) is 3.10. The number of allylic oxidation sites excluding steroid dienone is 4.